The molecule has 3 rings (SSSR count). The zero-order chi connectivity index (χ0) is 17.1. The van der Waals surface area contributed by atoms with E-state index in [0.717, 1.165) is 25.9 Å². The van der Waals surface area contributed by atoms with E-state index in [4.69, 9.17) is 10.00 Å². The van der Waals surface area contributed by atoms with Crippen LogP contribution < -0.4 is 4.74 Å². The summed E-state index contributed by atoms with van der Waals surface area (Å²) in [7, 11) is 2.16. The minimum Gasteiger partial charge on any atom is -0.481 e. The van der Waals surface area contributed by atoms with E-state index in [1.54, 1.807) is 31.2 Å². The number of likely N-dealkylation sites (tertiary alicyclic amines) is 2. The summed E-state index contributed by atoms with van der Waals surface area (Å²) in [5.74, 6) is 0.629. The summed E-state index contributed by atoms with van der Waals surface area (Å²) < 4.78 is 5.81. The Labute approximate surface area is 143 Å². The molecule has 0 radical (unpaired) electrons. The molecule has 2 saturated heterocycles. The molecule has 3 atom stereocenters. The summed E-state index contributed by atoms with van der Waals surface area (Å²) in [5, 5.41) is 8.97. The molecule has 1 aromatic carbocycles. The fourth-order valence-corrected chi connectivity index (χ4v) is 4.02. The first-order valence-corrected chi connectivity index (χ1v) is 8.77. The van der Waals surface area contributed by atoms with Gasteiger partial charge in [0.15, 0.2) is 6.10 Å². The van der Waals surface area contributed by atoms with E-state index in [1.165, 1.54) is 12.8 Å². The Hall–Kier alpha value is -2.06. The molecule has 24 heavy (non-hydrogen) atoms. The Morgan fingerprint density at radius 2 is 2.04 bits per heavy atom. The van der Waals surface area contributed by atoms with E-state index in [1.807, 2.05) is 4.90 Å². The maximum atomic E-state index is 12.9. The van der Waals surface area contributed by atoms with Gasteiger partial charge in [0.1, 0.15) is 5.75 Å². The van der Waals surface area contributed by atoms with Gasteiger partial charge in [0.2, 0.25) is 0 Å². The number of carbonyl (C=O) groups excluding carboxylic acids is 1. The van der Waals surface area contributed by atoms with Crippen molar-refractivity contribution in [3.63, 3.8) is 0 Å². The van der Waals surface area contributed by atoms with Gasteiger partial charge in [0.05, 0.1) is 11.6 Å². The number of nitriles is 1. The number of nitrogens with zero attached hydrogens (tertiary/aromatic N) is 3. The van der Waals surface area contributed by atoms with Crippen LogP contribution in [0.1, 0.15) is 38.2 Å². The highest BCUT2D eigenvalue weighted by Gasteiger charge is 2.39. The van der Waals surface area contributed by atoms with E-state index in [0.29, 0.717) is 23.4 Å². The Kier molecular flexibility index (Phi) is 5.06. The predicted molar refractivity (Wildman–Crippen MR) is 91.6 cm³/mol. The second-order valence-electron chi connectivity index (χ2n) is 6.83. The molecule has 1 amide bonds. The number of ether oxygens (including phenoxy) is 1. The first-order chi connectivity index (χ1) is 11.6. The highest BCUT2D eigenvalue weighted by Crippen LogP contribution is 2.29. The van der Waals surface area contributed by atoms with Crippen molar-refractivity contribution in [1.29, 1.82) is 5.26 Å². The van der Waals surface area contributed by atoms with Crippen molar-refractivity contribution in [1.82, 2.24) is 9.80 Å². The SMILES string of the molecule is C[C@H](Oc1cccc(C#N)c1)C(=O)N1CCC[C@H]1[C@H]1CCCN1C. The second kappa shape index (κ2) is 7.23. The standard InChI is InChI=1S/C19H25N3O2/c1-14(24-16-7-3-6-15(12-16)13-20)19(23)22-11-5-9-18(22)17-8-4-10-21(17)2/h3,6-7,12,14,17-18H,4-5,8-11H2,1-2H3/t14-,17+,18-/m0/s1. The molecule has 0 aliphatic carbocycles. The van der Waals surface area contributed by atoms with Crippen molar-refractivity contribution in [3.8, 4) is 11.8 Å². The van der Waals surface area contributed by atoms with E-state index in [9.17, 15) is 4.79 Å². The number of rotatable bonds is 4. The smallest absolute Gasteiger partial charge is 0.263 e. The Morgan fingerprint density at radius 1 is 1.29 bits per heavy atom. The first kappa shape index (κ1) is 16.8. The summed E-state index contributed by atoms with van der Waals surface area (Å²) in [5.41, 5.74) is 0.541. The molecular formula is C19H25N3O2. The van der Waals surface area contributed by atoms with Gasteiger partial charge >= 0.3 is 0 Å². The normalized spacial score (nSPS) is 25.5. The van der Waals surface area contributed by atoms with E-state index in [-0.39, 0.29) is 5.91 Å². The molecule has 5 heteroatoms. The van der Waals surface area contributed by atoms with Crippen LogP contribution in [0.3, 0.4) is 0 Å². The zero-order valence-corrected chi connectivity index (χ0v) is 14.4. The van der Waals surface area contributed by atoms with Crippen LogP contribution in [-0.4, -0.2) is 54.0 Å². The Bertz CT molecular complexity index is 640. The molecule has 2 aliphatic heterocycles. The number of carbonyl (C=O) groups is 1. The Morgan fingerprint density at radius 3 is 2.75 bits per heavy atom. The first-order valence-electron chi connectivity index (χ1n) is 8.77. The average Bonchev–Trinajstić information content (AvgIpc) is 3.22. The highest BCUT2D eigenvalue weighted by atomic mass is 16.5. The quantitative estimate of drug-likeness (QED) is 0.852. The van der Waals surface area contributed by atoms with Gasteiger partial charge in [-0.15, -0.1) is 0 Å². The fourth-order valence-electron chi connectivity index (χ4n) is 4.02. The van der Waals surface area contributed by atoms with Crippen LogP contribution in [0.2, 0.25) is 0 Å². The van der Waals surface area contributed by atoms with E-state index in [2.05, 4.69) is 18.0 Å². The molecule has 2 heterocycles. The number of amides is 1. The molecule has 128 valence electrons. The van der Waals surface area contributed by atoms with Crippen molar-refractivity contribution in [2.45, 2.75) is 50.8 Å². The predicted octanol–water partition coefficient (Wildman–Crippen LogP) is 2.41. The van der Waals surface area contributed by atoms with Gasteiger partial charge in [-0.2, -0.15) is 5.26 Å². The number of benzene rings is 1. The third kappa shape index (κ3) is 3.39. The van der Waals surface area contributed by atoms with Gasteiger partial charge in [-0.3, -0.25) is 4.79 Å². The number of hydrogen-bond donors (Lipinski definition) is 0. The Balaban J connectivity index is 1.67. The van der Waals surface area contributed by atoms with Crippen LogP contribution in [0, 0.1) is 11.3 Å². The molecule has 1 aromatic rings. The summed E-state index contributed by atoms with van der Waals surface area (Å²) in [4.78, 5) is 17.3. The van der Waals surface area contributed by atoms with Crippen LogP contribution in [0.15, 0.2) is 24.3 Å². The molecule has 2 fully saturated rings. The monoisotopic (exact) mass is 327 g/mol. The van der Waals surface area contributed by atoms with Gasteiger partial charge in [-0.25, -0.2) is 0 Å². The molecule has 0 spiro atoms. The zero-order valence-electron chi connectivity index (χ0n) is 14.4. The van der Waals surface area contributed by atoms with Crippen LogP contribution in [0.5, 0.6) is 5.75 Å². The van der Waals surface area contributed by atoms with Gasteiger partial charge in [-0.1, -0.05) is 6.07 Å². The van der Waals surface area contributed by atoms with Gasteiger partial charge in [0.25, 0.3) is 5.91 Å². The summed E-state index contributed by atoms with van der Waals surface area (Å²) >= 11 is 0. The second-order valence-corrected chi connectivity index (χ2v) is 6.83. The fraction of sp³-hybridized carbons (Fsp3) is 0.579. The third-order valence-electron chi connectivity index (χ3n) is 5.23. The van der Waals surface area contributed by atoms with Gasteiger partial charge < -0.3 is 14.5 Å². The topological polar surface area (TPSA) is 56.6 Å². The number of likely N-dealkylation sites (N-methyl/N-ethyl adjacent to an activating group) is 1. The maximum Gasteiger partial charge on any atom is 0.263 e. The molecule has 0 aromatic heterocycles. The van der Waals surface area contributed by atoms with Gasteiger partial charge in [0, 0.05) is 18.6 Å². The maximum absolute atomic E-state index is 12.9. The summed E-state index contributed by atoms with van der Waals surface area (Å²) in [6.07, 6.45) is 4.00. The van der Waals surface area contributed by atoms with Crippen LogP contribution in [-0.2, 0) is 4.79 Å². The van der Waals surface area contributed by atoms with Crippen LogP contribution in [0.25, 0.3) is 0 Å². The van der Waals surface area contributed by atoms with Crippen molar-refractivity contribution in [3.05, 3.63) is 29.8 Å². The van der Waals surface area contributed by atoms with Crippen LogP contribution >= 0.6 is 0 Å². The van der Waals surface area contributed by atoms with Crippen molar-refractivity contribution in [2.75, 3.05) is 20.1 Å². The minimum atomic E-state index is -0.536. The lowest BCUT2D eigenvalue weighted by Gasteiger charge is -2.34. The van der Waals surface area contributed by atoms with Crippen molar-refractivity contribution >= 4 is 5.91 Å². The average molecular weight is 327 g/mol. The van der Waals surface area contributed by atoms with E-state index < -0.39 is 6.10 Å². The molecule has 0 saturated carbocycles. The van der Waals surface area contributed by atoms with E-state index >= 15 is 0 Å². The number of hydrogen-bond acceptors (Lipinski definition) is 4. The van der Waals surface area contributed by atoms with Crippen molar-refractivity contribution < 1.29 is 9.53 Å². The molecule has 0 N–H and O–H groups in total. The van der Waals surface area contributed by atoms with Crippen LogP contribution in [0.4, 0.5) is 0 Å². The molecule has 0 unspecified atom stereocenters. The molecular weight excluding hydrogens is 302 g/mol. The lowest BCUT2D eigenvalue weighted by Crippen LogP contribution is -2.50. The molecule has 2 aliphatic rings. The van der Waals surface area contributed by atoms with Gasteiger partial charge in [-0.05, 0) is 64.4 Å². The molecule has 5 nitrogen and oxygen atoms in total. The van der Waals surface area contributed by atoms with Crippen molar-refractivity contribution in [2.24, 2.45) is 0 Å². The third-order valence-corrected chi connectivity index (χ3v) is 5.23. The summed E-state index contributed by atoms with van der Waals surface area (Å²) in [6.45, 7) is 3.74. The lowest BCUT2D eigenvalue weighted by molar-refractivity contribution is -0.139. The lowest BCUT2D eigenvalue weighted by atomic mass is 10.0. The summed E-state index contributed by atoms with van der Waals surface area (Å²) in [6, 6.07) is 9.85. The largest absolute Gasteiger partial charge is 0.481 e. The minimum absolute atomic E-state index is 0.0557. The highest BCUT2D eigenvalue weighted by molar-refractivity contribution is 5.81. The molecule has 0 bridgehead atoms.